The number of aliphatic imine (C=N–C) groups is 2. The molecule has 6 nitrogen and oxygen atoms in total. The normalized spacial score (nSPS) is 17.0. The molecule has 8 heteroatoms. The summed E-state index contributed by atoms with van der Waals surface area (Å²) in [5.74, 6) is 1.56. The zero-order valence-electron chi connectivity index (χ0n) is 29.9. The fourth-order valence-corrected chi connectivity index (χ4v) is 8.02. The van der Waals surface area contributed by atoms with Crippen molar-refractivity contribution in [2.75, 3.05) is 13.2 Å². The first kappa shape index (κ1) is 38.9. The van der Waals surface area contributed by atoms with E-state index in [-0.39, 0.29) is 0 Å². The Bertz CT molecular complexity index is 1580. The van der Waals surface area contributed by atoms with Crippen LogP contribution in [-0.4, -0.2) is 49.9 Å². The Morgan fingerprint density at radius 2 is 0.923 bits per heavy atom. The predicted octanol–water partition coefficient (Wildman–Crippen LogP) is 11.0. The summed E-state index contributed by atoms with van der Waals surface area (Å²) < 4.78 is 28.6. The van der Waals surface area contributed by atoms with Crippen molar-refractivity contribution in [1.29, 1.82) is 0 Å². The van der Waals surface area contributed by atoms with Gasteiger partial charge in [0, 0.05) is 35.6 Å². The topological polar surface area (TPSA) is 61.6 Å². The second kappa shape index (κ2) is 21.2. The summed E-state index contributed by atoms with van der Waals surface area (Å²) in [4.78, 5) is 9.95. The maximum atomic E-state index is 6.92. The number of rotatable bonds is 17. The van der Waals surface area contributed by atoms with Crippen molar-refractivity contribution in [1.82, 2.24) is 0 Å². The Kier molecular flexibility index (Phi) is 15.8. The predicted molar refractivity (Wildman–Crippen MR) is 228 cm³/mol. The highest BCUT2D eigenvalue weighted by Crippen LogP contribution is 2.30. The van der Waals surface area contributed by atoms with E-state index >= 15 is 0 Å². The van der Waals surface area contributed by atoms with Gasteiger partial charge in [0.05, 0.1) is 33.6 Å². The van der Waals surface area contributed by atoms with E-state index in [0.717, 1.165) is 40.9 Å². The maximum absolute atomic E-state index is 6.92. The van der Waals surface area contributed by atoms with Gasteiger partial charge in [-0.05, 0) is 94.1 Å². The average Bonchev–Trinajstić information content (AvgIpc) is 3.19. The standard InChI is InChI=1S/C44H50I2N2O4/c45-43-35(27-47-37-21-9-3-10-22-37)19-13-25-39(43)51-41(31-49-29-33-15-5-1-6-16-33)42(32-50-30-34-17-7-2-8-18-34)52-40-26-14-20-36(44(40)46)28-48-38-23-11-4-12-24-38/h1-2,5-8,13-20,25-28,37-38,41-42H,3-4,9-12,21-24,29-32H2/t41-,42-/m1/s1. The molecule has 274 valence electrons. The van der Waals surface area contributed by atoms with Crippen molar-refractivity contribution in [3.8, 4) is 11.5 Å². The lowest BCUT2D eigenvalue weighted by atomic mass is 9.96. The smallest absolute Gasteiger partial charge is 0.161 e. The van der Waals surface area contributed by atoms with E-state index in [1.807, 2.05) is 73.1 Å². The lowest BCUT2D eigenvalue weighted by Crippen LogP contribution is -2.43. The highest BCUT2D eigenvalue weighted by Gasteiger charge is 2.29. The van der Waals surface area contributed by atoms with Crippen molar-refractivity contribution in [2.45, 2.75) is 102 Å². The largest absolute Gasteiger partial charge is 0.483 e. The molecule has 6 rings (SSSR count). The Labute approximate surface area is 337 Å². The minimum Gasteiger partial charge on any atom is -0.483 e. The number of ether oxygens (including phenoxy) is 4. The fourth-order valence-electron chi connectivity index (χ4n) is 6.76. The fraction of sp³-hybridized carbons (Fsp3) is 0.409. The van der Waals surface area contributed by atoms with Crippen molar-refractivity contribution in [3.63, 3.8) is 0 Å². The highest BCUT2D eigenvalue weighted by atomic mass is 127. The van der Waals surface area contributed by atoms with Gasteiger partial charge in [-0.15, -0.1) is 0 Å². The van der Waals surface area contributed by atoms with Gasteiger partial charge in [-0.25, -0.2) is 0 Å². The lowest BCUT2D eigenvalue weighted by molar-refractivity contribution is -0.0549. The summed E-state index contributed by atoms with van der Waals surface area (Å²) in [5.41, 5.74) is 4.33. The first-order chi connectivity index (χ1) is 25.6. The molecule has 0 saturated heterocycles. The monoisotopic (exact) mass is 924 g/mol. The SMILES string of the molecule is Ic1c(C=NC2CCCCC2)cccc1O[C@H](COCc1ccccc1)[C@@H](COCc1ccccc1)Oc1cccc(C=NC2CCCCC2)c1I. The number of nitrogens with zero attached hydrogens (tertiary/aromatic N) is 2. The quantitative estimate of drug-likeness (QED) is 0.0782. The van der Waals surface area contributed by atoms with Crippen molar-refractivity contribution >= 4 is 57.6 Å². The molecule has 0 N–H and O–H groups in total. The van der Waals surface area contributed by atoms with Crippen molar-refractivity contribution < 1.29 is 18.9 Å². The van der Waals surface area contributed by atoms with Crippen LogP contribution in [0.4, 0.5) is 0 Å². The molecule has 52 heavy (non-hydrogen) atoms. The number of hydrogen-bond donors (Lipinski definition) is 0. The molecule has 0 heterocycles. The number of benzene rings is 4. The second-order valence-corrected chi connectivity index (χ2v) is 15.9. The Hall–Kier alpha value is -2.80. The van der Waals surface area contributed by atoms with Crippen LogP contribution in [0.25, 0.3) is 0 Å². The minimum atomic E-state index is -0.478. The van der Waals surface area contributed by atoms with Gasteiger partial charge in [0.2, 0.25) is 0 Å². The molecule has 0 aliphatic heterocycles. The number of hydrogen-bond acceptors (Lipinski definition) is 6. The summed E-state index contributed by atoms with van der Waals surface area (Å²) >= 11 is 4.78. The van der Waals surface area contributed by atoms with Crippen LogP contribution in [0.15, 0.2) is 107 Å². The third-order valence-electron chi connectivity index (χ3n) is 9.74. The van der Waals surface area contributed by atoms with E-state index < -0.39 is 12.2 Å². The summed E-state index contributed by atoms with van der Waals surface area (Å²) in [6.07, 6.45) is 15.4. The summed E-state index contributed by atoms with van der Waals surface area (Å²) in [6.45, 7) is 1.55. The van der Waals surface area contributed by atoms with Crippen LogP contribution < -0.4 is 9.47 Å². The molecular formula is C44H50I2N2O4. The van der Waals surface area contributed by atoms with E-state index in [1.54, 1.807) is 0 Å². The Balaban J connectivity index is 1.26. The minimum absolute atomic E-state index is 0.310. The molecule has 0 aromatic heterocycles. The van der Waals surface area contributed by atoms with Crippen LogP contribution >= 0.6 is 45.2 Å². The second-order valence-electron chi connectivity index (χ2n) is 13.8. The van der Waals surface area contributed by atoms with Gasteiger partial charge in [-0.3, -0.25) is 9.98 Å². The maximum Gasteiger partial charge on any atom is 0.161 e. The molecule has 2 aliphatic rings. The molecule has 2 atom stereocenters. The molecule has 0 amide bonds. The first-order valence-electron chi connectivity index (χ1n) is 18.8. The first-order valence-corrected chi connectivity index (χ1v) is 21.0. The van der Waals surface area contributed by atoms with E-state index in [9.17, 15) is 0 Å². The lowest BCUT2D eigenvalue weighted by Gasteiger charge is -2.29. The molecule has 0 bridgehead atoms. The third-order valence-corrected chi connectivity index (χ3v) is 12.1. The van der Waals surface area contributed by atoms with Gasteiger partial charge >= 0.3 is 0 Å². The van der Waals surface area contributed by atoms with Gasteiger partial charge in [0.15, 0.2) is 12.2 Å². The van der Waals surface area contributed by atoms with Crippen LogP contribution in [0.3, 0.4) is 0 Å². The molecule has 4 aromatic carbocycles. The van der Waals surface area contributed by atoms with E-state index in [4.69, 9.17) is 28.9 Å². The Morgan fingerprint density at radius 1 is 0.519 bits per heavy atom. The van der Waals surface area contributed by atoms with Crippen LogP contribution in [0, 0.1) is 7.14 Å². The third kappa shape index (κ3) is 12.1. The van der Waals surface area contributed by atoms with Gasteiger partial charge < -0.3 is 18.9 Å². The summed E-state index contributed by atoms with van der Waals surface area (Å²) in [5, 5.41) is 0. The molecule has 2 aliphatic carbocycles. The zero-order chi connectivity index (χ0) is 35.8. The average molecular weight is 925 g/mol. The van der Waals surface area contributed by atoms with Gasteiger partial charge in [-0.1, -0.05) is 123 Å². The van der Waals surface area contributed by atoms with Crippen LogP contribution in [0.5, 0.6) is 11.5 Å². The zero-order valence-corrected chi connectivity index (χ0v) is 34.2. The molecule has 0 unspecified atom stereocenters. The van der Waals surface area contributed by atoms with Gasteiger partial charge in [0.1, 0.15) is 11.5 Å². The molecule has 0 radical (unpaired) electrons. The van der Waals surface area contributed by atoms with Crippen molar-refractivity contribution in [2.24, 2.45) is 9.98 Å². The molecule has 0 spiro atoms. The molecule has 2 saturated carbocycles. The molecule has 4 aromatic rings. The molecular weight excluding hydrogens is 874 g/mol. The van der Waals surface area contributed by atoms with Gasteiger partial charge in [-0.2, -0.15) is 0 Å². The van der Waals surface area contributed by atoms with Crippen LogP contribution in [0.1, 0.15) is 86.5 Å². The van der Waals surface area contributed by atoms with E-state index in [1.165, 1.54) is 64.2 Å². The summed E-state index contributed by atoms with van der Waals surface area (Å²) in [7, 11) is 0. The summed E-state index contributed by atoms with van der Waals surface area (Å²) in [6, 6.07) is 33.6. The Morgan fingerprint density at radius 3 is 1.33 bits per heavy atom. The van der Waals surface area contributed by atoms with E-state index in [0.29, 0.717) is 38.5 Å². The van der Waals surface area contributed by atoms with E-state index in [2.05, 4.69) is 81.6 Å². The highest BCUT2D eigenvalue weighted by molar-refractivity contribution is 14.1. The van der Waals surface area contributed by atoms with Crippen LogP contribution in [0.2, 0.25) is 0 Å². The number of halogens is 2. The van der Waals surface area contributed by atoms with Gasteiger partial charge in [0.25, 0.3) is 0 Å². The van der Waals surface area contributed by atoms with Crippen molar-refractivity contribution in [3.05, 3.63) is 126 Å². The van der Waals surface area contributed by atoms with Crippen LogP contribution in [-0.2, 0) is 22.7 Å². The molecule has 2 fully saturated rings.